The second-order valence-corrected chi connectivity index (χ2v) is 4.17. The first-order chi connectivity index (χ1) is 8.28. The van der Waals surface area contributed by atoms with E-state index in [2.05, 4.69) is 9.97 Å². The van der Waals surface area contributed by atoms with E-state index in [1.807, 2.05) is 36.6 Å². The van der Waals surface area contributed by atoms with Crippen molar-refractivity contribution in [2.75, 3.05) is 12.0 Å². The predicted molar refractivity (Wildman–Crippen MR) is 69.0 cm³/mol. The van der Waals surface area contributed by atoms with Crippen LogP contribution in [0, 0.1) is 0 Å². The van der Waals surface area contributed by atoms with Crippen LogP contribution >= 0.6 is 11.8 Å². The maximum absolute atomic E-state index is 5.66. The summed E-state index contributed by atoms with van der Waals surface area (Å²) in [6.45, 7) is 0.477. The molecular formula is C12H13N3OS. The number of thioether (sulfide) groups is 1. The first-order valence-corrected chi connectivity index (χ1v) is 6.35. The lowest BCUT2D eigenvalue weighted by molar-refractivity contribution is 0.291. The molecule has 0 aliphatic rings. The zero-order valence-corrected chi connectivity index (χ0v) is 10.3. The Morgan fingerprint density at radius 3 is 2.71 bits per heavy atom. The minimum absolute atomic E-state index is 0.424. The maximum atomic E-state index is 5.66. The summed E-state index contributed by atoms with van der Waals surface area (Å²) < 4.78 is 5.57. The Balaban J connectivity index is 2.06. The molecular weight excluding hydrogens is 234 g/mol. The number of nitrogens with two attached hydrogens (primary N) is 1. The Kier molecular flexibility index (Phi) is 3.82. The van der Waals surface area contributed by atoms with E-state index in [1.165, 1.54) is 11.8 Å². The van der Waals surface area contributed by atoms with Crippen molar-refractivity contribution in [1.82, 2.24) is 9.97 Å². The van der Waals surface area contributed by atoms with Crippen molar-refractivity contribution in [2.24, 2.45) is 0 Å². The molecule has 2 aromatic rings. The molecule has 0 atom stereocenters. The topological polar surface area (TPSA) is 61.0 Å². The molecule has 0 saturated heterocycles. The Hall–Kier alpha value is -1.75. The molecule has 88 valence electrons. The number of anilines is 1. The molecule has 0 radical (unpaired) electrons. The van der Waals surface area contributed by atoms with Crippen LogP contribution in [0.2, 0.25) is 0 Å². The van der Waals surface area contributed by atoms with Gasteiger partial charge in [-0.3, -0.25) is 0 Å². The SMILES string of the molecule is CSc1nc(N)cc(OCc2ccccc2)n1. The molecule has 2 N–H and O–H groups in total. The van der Waals surface area contributed by atoms with Crippen LogP contribution in [-0.2, 0) is 6.61 Å². The minimum atomic E-state index is 0.424. The summed E-state index contributed by atoms with van der Waals surface area (Å²) in [6, 6.07) is 11.5. The Morgan fingerprint density at radius 1 is 1.24 bits per heavy atom. The van der Waals surface area contributed by atoms with Gasteiger partial charge in [0.25, 0.3) is 0 Å². The summed E-state index contributed by atoms with van der Waals surface area (Å²) in [5.41, 5.74) is 6.75. The highest BCUT2D eigenvalue weighted by Crippen LogP contribution is 2.17. The standard InChI is InChI=1S/C12H13N3OS/c1-17-12-14-10(13)7-11(15-12)16-8-9-5-3-2-4-6-9/h2-7H,8H2,1H3,(H2,13,14,15). The monoisotopic (exact) mass is 247 g/mol. The van der Waals surface area contributed by atoms with Gasteiger partial charge in [-0.15, -0.1) is 0 Å². The molecule has 1 heterocycles. The van der Waals surface area contributed by atoms with E-state index >= 15 is 0 Å². The molecule has 0 aliphatic carbocycles. The quantitative estimate of drug-likeness (QED) is 0.664. The van der Waals surface area contributed by atoms with Crippen molar-refractivity contribution in [3.63, 3.8) is 0 Å². The molecule has 2 rings (SSSR count). The molecule has 0 aliphatic heterocycles. The lowest BCUT2D eigenvalue weighted by Crippen LogP contribution is -2.01. The lowest BCUT2D eigenvalue weighted by Gasteiger charge is -2.06. The van der Waals surface area contributed by atoms with Gasteiger partial charge in [0.15, 0.2) is 5.16 Å². The zero-order chi connectivity index (χ0) is 12.1. The number of benzene rings is 1. The van der Waals surface area contributed by atoms with Gasteiger partial charge in [0.2, 0.25) is 5.88 Å². The zero-order valence-electron chi connectivity index (χ0n) is 9.46. The number of nitrogen functional groups attached to an aromatic ring is 1. The third-order valence-corrected chi connectivity index (χ3v) is 2.66. The Bertz CT molecular complexity index is 490. The van der Waals surface area contributed by atoms with Gasteiger partial charge in [0.1, 0.15) is 12.4 Å². The molecule has 0 fully saturated rings. The van der Waals surface area contributed by atoms with E-state index in [0.29, 0.717) is 23.5 Å². The van der Waals surface area contributed by atoms with Crippen molar-refractivity contribution in [1.29, 1.82) is 0 Å². The molecule has 0 amide bonds. The summed E-state index contributed by atoms with van der Waals surface area (Å²) in [7, 11) is 0. The van der Waals surface area contributed by atoms with E-state index in [9.17, 15) is 0 Å². The van der Waals surface area contributed by atoms with Gasteiger partial charge in [0.05, 0.1) is 0 Å². The van der Waals surface area contributed by atoms with E-state index in [0.717, 1.165) is 5.56 Å². The van der Waals surface area contributed by atoms with Gasteiger partial charge >= 0.3 is 0 Å². The van der Waals surface area contributed by atoms with E-state index in [-0.39, 0.29) is 0 Å². The highest BCUT2D eigenvalue weighted by atomic mass is 32.2. The molecule has 1 aromatic heterocycles. The molecule has 1 aromatic carbocycles. The van der Waals surface area contributed by atoms with E-state index in [1.54, 1.807) is 6.07 Å². The predicted octanol–water partition coefficient (Wildman–Crippen LogP) is 2.36. The molecule has 0 unspecified atom stereocenters. The fourth-order valence-corrected chi connectivity index (χ4v) is 1.70. The van der Waals surface area contributed by atoms with Crippen LogP contribution in [0.3, 0.4) is 0 Å². The summed E-state index contributed by atoms with van der Waals surface area (Å²) >= 11 is 1.44. The van der Waals surface area contributed by atoms with E-state index < -0.39 is 0 Å². The third kappa shape index (κ3) is 3.35. The van der Waals surface area contributed by atoms with Crippen LogP contribution < -0.4 is 10.5 Å². The van der Waals surface area contributed by atoms with Crippen LogP contribution in [0.5, 0.6) is 5.88 Å². The van der Waals surface area contributed by atoms with Gasteiger partial charge in [0, 0.05) is 6.07 Å². The number of hydrogen-bond donors (Lipinski definition) is 1. The first kappa shape index (κ1) is 11.7. The van der Waals surface area contributed by atoms with Crippen LogP contribution in [-0.4, -0.2) is 16.2 Å². The molecule has 0 spiro atoms. The molecule has 0 bridgehead atoms. The fraction of sp³-hybridized carbons (Fsp3) is 0.167. The van der Waals surface area contributed by atoms with Gasteiger partial charge in [-0.1, -0.05) is 42.1 Å². The van der Waals surface area contributed by atoms with Crippen molar-refractivity contribution in [2.45, 2.75) is 11.8 Å². The average Bonchev–Trinajstić information content (AvgIpc) is 2.37. The van der Waals surface area contributed by atoms with Crippen molar-refractivity contribution < 1.29 is 4.74 Å². The molecule has 4 nitrogen and oxygen atoms in total. The van der Waals surface area contributed by atoms with Gasteiger partial charge in [-0.25, -0.2) is 4.98 Å². The fourth-order valence-electron chi connectivity index (χ4n) is 1.32. The summed E-state index contributed by atoms with van der Waals surface area (Å²) in [6.07, 6.45) is 1.90. The van der Waals surface area contributed by atoms with E-state index in [4.69, 9.17) is 10.5 Å². The number of rotatable bonds is 4. The Labute approximate surface area is 104 Å². The third-order valence-electron chi connectivity index (χ3n) is 2.11. The smallest absolute Gasteiger partial charge is 0.219 e. The summed E-state index contributed by atoms with van der Waals surface area (Å²) in [5, 5.41) is 0.619. The highest BCUT2D eigenvalue weighted by molar-refractivity contribution is 7.98. The minimum Gasteiger partial charge on any atom is -0.473 e. The Morgan fingerprint density at radius 2 is 2.00 bits per heavy atom. The molecule has 0 saturated carbocycles. The van der Waals surface area contributed by atoms with Gasteiger partial charge < -0.3 is 10.5 Å². The molecule has 5 heteroatoms. The number of nitrogens with zero attached hydrogens (tertiary/aromatic N) is 2. The van der Waals surface area contributed by atoms with Crippen LogP contribution in [0.25, 0.3) is 0 Å². The summed E-state index contributed by atoms with van der Waals surface area (Å²) in [4.78, 5) is 8.27. The number of aromatic nitrogens is 2. The second-order valence-electron chi connectivity index (χ2n) is 3.39. The first-order valence-electron chi connectivity index (χ1n) is 5.13. The van der Waals surface area contributed by atoms with Gasteiger partial charge in [-0.05, 0) is 11.8 Å². The highest BCUT2D eigenvalue weighted by Gasteiger charge is 2.02. The molecule has 17 heavy (non-hydrogen) atoms. The van der Waals surface area contributed by atoms with Crippen LogP contribution in [0.15, 0.2) is 41.6 Å². The van der Waals surface area contributed by atoms with Crippen molar-refractivity contribution in [3.05, 3.63) is 42.0 Å². The average molecular weight is 247 g/mol. The van der Waals surface area contributed by atoms with Crippen LogP contribution in [0.4, 0.5) is 5.82 Å². The summed E-state index contributed by atoms with van der Waals surface area (Å²) in [5.74, 6) is 0.929. The van der Waals surface area contributed by atoms with Crippen LogP contribution in [0.1, 0.15) is 5.56 Å². The maximum Gasteiger partial charge on any atom is 0.219 e. The normalized spacial score (nSPS) is 10.2. The lowest BCUT2D eigenvalue weighted by atomic mass is 10.2. The second kappa shape index (κ2) is 5.54. The number of ether oxygens (including phenoxy) is 1. The van der Waals surface area contributed by atoms with Gasteiger partial charge in [-0.2, -0.15) is 4.98 Å². The van der Waals surface area contributed by atoms with Crippen molar-refractivity contribution in [3.8, 4) is 5.88 Å². The number of hydrogen-bond acceptors (Lipinski definition) is 5. The largest absolute Gasteiger partial charge is 0.473 e. The van der Waals surface area contributed by atoms with Crippen molar-refractivity contribution >= 4 is 17.6 Å².